The van der Waals surface area contributed by atoms with Gasteiger partial charge in [0.2, 0.25) is 6.54 Å². The molecule has 0 aliphatic heterocycles. The minimum Gasteiger partial charge on any atom is -0.316 e. The molecule has 0 aliphatic carbocycles. The molecule has 0 aromatic rings. The molecule has 0 heterocycles. The summed E-state index contributed by atoms with van der Waals surface area (Å²) in [4.78, 5) is 5.43. The van der Waals surface area contributed by atoms with Gasteiger partial charge >= 0.3 is 0 Å². The van der Waals surface area contributed by atoms with Crippen molar-refractivity contribution in [3.63, 3.8) is 0 Å². The summed E-state index contributed by atoms with van der Waals surface area (Å²) in [6.07, 6.45) is 0. The fourth-order valence-corrected chi connectivity index (χ4v) is 0.466. The van der Waals surface area contributed by atoms with Crippen molar-refractivity contribution in [2.75, 3.05) is 20.1 Å². The summed E-state index contributed by atoms with van der Waals surface area (Å²) in [5.74, 6) is 0. The van der Waals surface area contributed by atoms with E-state index >= 15 is 0 Å². The molecule has 0 spiro atoms. The first-order valence-electron chi connectivity index (χ1n) is 3.22. The van der Waals surface area contributed by atoms with Crippen LogP contribution in [0.1, 0.15) is 13.8 Å². The Morgan fingerprint density at radius 2 is 2.11 bits per heavy atom. The molecule has 0 aromatic heterocycles. The van der Waals surface area contributed by atoms with Crippen LogP contribution in [0.15, 0.2) is 0 Å². The summed E-state index contributed by atoms with van der Waals surface area (Å²) in [7, 11) is 2.04. The van der Waals surface area contributed by atoms with Crippen molar-refractivity contribution in [2.24, 2.45) is 0 Å². The van der Waals surface area contributed by atoms with Crippen molar-refractivity contribution in [2.45, 2.75) is 19.9 Å². The Morgan fingerprint density at radius 1 is 1.56 bits per heavy atom. The van der Waals surface area contributed by atoms with Crippen LogP contribution in [0.2, 0.25) is 0 Å². The quantitative estimate of drug-likeness (QED) is 0.516. The molecule has 2 nitrogen and oxygen atoms in total. The van der Waals surface area contributed by atoms with Gasteiger partial charge in [-0.3, -0.25) is 4.90 Å². The molecule has 0 aromatic carbocycles. The van der Waals surface area contributed by atoms with Crippen molar-refractivity contribution >= 4 is 0 Å². The van der Waals surface area contributed by atoms with Crippen molar-refractivity contribution in [3.05, 3.63) is 11.4 Å². The Labute approximate surface area is 57.3 Å². The molecule has 2 heteroatoms. The normalized spacial score (nSPS) is 10.2. The largest absolute Gasteiger partial charge is 0.316 e. The van der Waals surface area contributed by atoms with Gasteiger partial charge in [-0.05, 0) is 20.9 Å². The van der Waals surface area contributed by atoms with Crippen LogP contribution in [0.3, 0.4) is 0 Å². The lowest BCUT2D eigenvalue weighted by Crippen LogP contribution is -2.28. The second-order valence-electron chi connectivity index (χ2n) is 2.46. The Bertz CT molecular complexity index is 102. The maximum atomic E-state index is 6.54. The minimum absolute atomic E-state index is 0.562. The van der Waals surface area contributed by atoms with Gasteiger partial charge in [0.15, 0.2) is 0 Å². The first-order valence-corrected chi connectivity index (χ1v) is 3.22. The van der Waals surface area contributed by atoms with E-state index in [0.717, 1.165) is 6.54 Å². The van der Waals surface area contributed by atoms with Gasteiger partial charge < -0.3 is 4.85 Å². The molecular weight excluding hydrogens is 112 g/mol. The Kier molecular flexibility index (Phi) is 4.08. The summed E-state index contributed by atoms with van der Waals surface area (Å²) in [6.45, 7) is 12.3. The van der Waals surface area contributed by atoms with Crippen molar-refractivity contribution in [1.82, 2.24) is 4.90 Å². The lowest BCUT2D eigenvalue weighted by Gasteiger charge is -2.17. The maximum absolute atomic E-state index is 6.54. The van der Waals surface area contributed by atoms with E-state index in [9.17, 15) is 0 Å². The van der Waals surface area contributed by atoms with Gasteiger partial charge in [-0.25, -0.2) is 6.57 Å². The van der Waals surface area contributed by atoms with E-state index in [4.69, 9.17) is 6.57 Å². The van der Waals surface area contributed by atoms with Gasteiger partial charge in [-0.1, -0.05) is 0 Å². The summed E-state index contributed by atoms with van der Waals surface area (Å²) in [5, 5.41) is 0. The van der Waals surface area contributed by atoms with E-state index in [2.05, 4.69) is 23.6 Å². The average molecular weight is 126 g/mol. The van der Waals surface area contributed by atoms with Crippen LogP contribution in [0.25, 0.3) is 4.85 Å². The molecule has 0 fully saturated rings. The van der Waals surface area contributed by atoms with Gasteiger partial charge in [0, 0.05) is 6.04 Å². The van der Waals surface area contributed by atoms with Gasteiger partial charge in [0.1, 0.15) is 0 Å². The molecular formula is C7H14N2. The smallest absolute Gasteiger partial charge is 0.227 e. The molecule has 0 N–H and O–H groups in total. The van der Waals surface area contributed by atoms with Crippen LogP contribution >= 0.6 is 0 Å². The van der Waals surface area contributed by atoms with Gasteiger partial charge in [0.25, 0.3) is 0 Å². The predicted molar refractivity (Wildman–Crippen MR) is 39.2 cm³/mol. The minimum atomic E-state index is 0.562. The third-order valence-electron chi connectivity index (χ3n) is 1.45. The van der Waals surface area contributed by atoms with Crippen molar-refractivity contribution in [1.29, 1.82) is 0 Å². The number of hydrogen-bond donors (Lipinski definition) is 0. The van der Waals surface area contributed by atoms with E-state index in [0.29, 0.717) is 12.6 Å². The van der Waals surface area contributed by atoms with Crippen LogP contribution < -0.4 is 0 Å². The molecule has 0 saturated carbocycles. The molecule has 0 saturated heterocycles. The van der Waals surface area contributed by atoms with E-state index < -0.39 is 0 Å². The van der Waals surface area contributed by atoms with Gasteiger partial charge in [-0.15, -0.1) is 0 Å². The topological polar surface area (TPSA) is 7.60 Å². The second kappa shape index (κ2) is 4.34. The first-order chi connectivity index (χ1) is 4.18. The van der Waals surface area contributed by atoms with Crippen LogP contribution in [-0.4, -0.2) is 31.1 Å². The number of rotatable bonds is 3. The highest BCUT2D eigenvalue weighted by molar-refractivity contribution is 4.64. The zero-order valence-electron chi connectivity index (χ0n) is 6.39. The maximum Gasteiger partial charge on any atom is 0.227 e. The van der Waals surface area contributed by atoms with Gasteiger partial charge in [-0.2, -0.15) is 0 Å². The highest BCUT2D eigenvalue weighted by Gasteiger charge is 2.01. The lowest BCUT2D eigenvalue weighted by atomic mass is 10.3. The third kappa shape index (κ3) is 3.99. The van der Waals surface area contributed by atoms with Gasteiger partial charge in [0.05, 0.1) is 6.54 Å². The van der Waals surface area contributed by atoms with Crippen LogP contribution in [-0.2, 0) is 0 Å². The second-order valence-corrected chi connectivity index (χ2v) is 2.46. The van der Waals surface area contributed by atoms with Crippen molar-refractivity contribution < 1.29 is 0 Å². The highest BCUT2D eigenvalue weighted by Crippen LogP contribution is 1.91. The van der Waals surface area contributed by atoms with Crippen LogP contribution in [0, 0.1) is 6.57 Å². The zero-order chi connectivity index (χ0) is 7.28. The zero-order valence-corrected chi connectivity index (χ0v) is 6.39. The lowest BCUT2D eigenvalue weighted by molar-refractivity contribution is 0.286. The Morgan fingerprint density at radius 3 is 2.44 bits per heavy atom. The molecule has 0 aliphatic rings. The van der Waals surface area contributed by atoms with E-state index in [-0.39, 0.29) is 0 Å². The van der Waals surface area contributed by atoms with E-state index in [1.54, 1.807) is 0 Å². The molecule has 0 radical (unpaired) electrons. The molecule has 0 rings (SSSR count). The van der Waals surface area contributed by atoms with E-state index in [1.165, 1.54) is 0 Å². The summed E-state index contributed by atoms with van der Waals surface area (Å²) < 4.78 is 0. The Balaban J connectivity index is 3.29. The summed E-state index contributed by atoms with van der Waals surface area (Å²) in [6, 6.07) is 0.562. The molecule has 0 amide bonds. The molecule has 0 atom stereocenters. The standard InChI is InChI=1S/C7H14N2/c1-7(2)9(4)6-5-8-3/h7H,5-6H2,1-2,4H3. The van der Waals surface area contributed by atoms with Crippen LogP contribution in [0.5, 0.6) is 0 Å². The fourth-order valence-electron chi connectivity index (χ4n) is 0.466. The fraction of sp³-hybridized carbons (Fsp3) is 0.857. The number of likely N-dealkylation sites (N-methyl/N-ethyl adjacent to an activating group) is 1. The molecule has 9 heavy (non-hydrogen) atoms. The first kappa shape index (κ1) is 8.45. The average Bonchev–Trinajstić information content (AvgIpc) is 1.82. The predicted octanol–water partition coefficient (Wildman–Crippen LogP) is 1.25. The molecule has 0 unspecified atom stereocenters. The highest BCUT2D eigenvalue weighted by atomic mass is 15.1. The Hall–Kier alpha value is -0.550. The molecule has 0 bridgehead atoms. The third-order valence-corrected chi connectivity index (χ3v) is 1.45. The monoisotopic (exact) mass is 126 g/mol. The number of hydrogen-bond acceptors (Lipinski definition) is 1. The summed E-state index contributed by atoms with van der Waals surface area (Å²) in [5.41, 5.74) is 0. The van der Waals surface area contributed by atoms with Crippen molar-refractivity contribution in [3.8, 4) is 0 Å². The number of nitrogens with zero attached hydrogens (tertiary/aromatic N) is 2. The van der Waals surface area contributed by atoms with Crippen LogP contribution in [0.4, 0.5) is 0 Å². The molecule has 52 valence electrons. The summed E-state index contributed by atoms with van der Waals surface area (Å²) >= 11 is 0. The SMILES string of the molecule is [C-]#[N+]CCN(C)C(C)C. The van der Waals surface area contributed by atoms with E-state index in [1.807, 2.05) is 7.05 Å².